The van der Waals surface area contributed by atoms with Crippen molar-refractivity contribution in [2.75, 3.05) is 6.61 Å². The normalized spacial score (nSPS) is 8.82. The summed E-state index contributed by atoms with van der Waals surface area (Å²) >= 11 is 0. The SMILES string of the molecule is C=CCC(O)c1ccc(C)cc1.C=CCOC(C)=O.Cc1ccc(C=O)cc1.O=C=O.O=C=O. The quantitative estimate of drug-likeness (QED) is 0.381. The van der Waals surface area contributed by atoms with Crippen LogP contribution in [0.2, 0.25) is 0 Å². The molecule has 182 valence electrons. The maximum atomic E-state index is 10.1. The lowest BCUT2D eigenvalue weighted by Crippen LogP contribution is -1.96. The van der Waals surface area contributed by atoms with Crippen molar-refractivity contribution in [3.63, 3.8) is 0 Å². The molecule has 0 radical (unpaired) electrons. The van der Waals surface area contributed by atoms with E-state index in [2.05, 4.69) is 17.9 Å². The van der Waals surface area contributed by atoms with Crippen LogP contribution in [0.4, 0.5) is 0 Å². The van der Waals surface area contributed by atoms with Gasteiger partial charge in [0.05, 0.1) is 6.10 Å². The van der Waals surface area contributed by atoms with Crippen LogP contribution in [0.3, 0.4) is 0 Å². The van der Waals surface area contributed by atoms with Gasteiger partial charge in [0, 0.05) is 12.5 Å². The predicted molar refractivity (Wildman–Crippen MR) is 124 cm³/mol. The predicted octanol–water partition coefficient (Wildman–Crippen LogP) is 3.98. The molecule has 0 saturated carbocycles. The third-order valence-corrected chi connectivity index (χ3v) is 3.47. The molecule has 2 aromatic rings. The van der Waals surface area contributed by atoms with Gasteiger partial charge in [0.1, 0.15) is 12.9 Å². The van der Waals surface area contributed by atoms with E-state index in [1.807, 2.05) is 62.4 Å². The summed E-state index contributed by atoms with van der Waals surface area (Å²) < 4.78 is 4.43. The highest BCUT2D eigenvalue weighted by Gasteiger charge is 2.03. The molecule has 0 heterocycles. The number of esters is 1. The van der Waals surface area contributed by atoms with Crippen molar-refractivity contribution in [2.24, 2.45) is 0 Å². The number of rotatable bonds is 6. The minimum Gasteiger partial charge on any atom is -0.462 e. The van der Waals surface area contributed by atoms with Gasteiger partial charge >= 0.3 is 18.3 Å². The van der Waals surface area contributed by atoms with Crippen molar-refractivity contribution in [3.05, 3.63) is 96.1 Å². The van der Waals surface area contributed by atoms with Gasteiger partial charge in [0.2, 0.25) is 0 Å². The first kappa shape index (κ1) is 34.4. The van der Waals surface area contributed by atoms with Gasteiger partial charge in [-0.1, -0.05) is 78.4 Å². The van der Waals surface area contributed by atoms with E-state index in [1.54, 1.807) is 6.08 Å². The van der Waals surface area contributed by atoms with Gasteiger partial charge in [-0.15, -0.1) is 6.58 Å². The minimum atomic E-state index is -0.400. The molecule has 1 unspecified atom stereocenters. The molecule has 0 bridgehead atoms. The highest BCUT2D eigenvalue weighted by Crippen LogP contribution is 2.16. The summed E-state index contributed by atoms with van der Waals surface area (Å²) in [5.41, 5.74) is 4.09. The Labute approximate surface area is 199 Å². The van der Waals surface area contributed by atoms with Gasteiger partial charge in [-0.25, -0.2) is 0 Å². The second kappa shape index (κ2) is 25.0. The van der Waals surface area contributed by atoms with Crippen molar-refractivity contribution >= 4 is 24.6 Å². The number of carbonyl (C=O) groups is 2. The van der Waals surface area contributed by atoms with Crippen molar-refractivity contribution in [3.8, 4) is 0 Å². The van der Waals surface area contributed by atoms with Crippen LogP contribution in [0, 0.1) is 13.8 Å². The lowest BCUT2D eigenvalue weighted by atomic mass is 10.1. The molecule has 0 saturated heterocycles. The van der Waals surface area contributed by atoms with Gasteiger partial charge in [0.25, 0.3) is 0 Å². The van der Waals surface area contributed by atoms with E-state index in [1.165, 1.54) is 24.1 Å². The zero-order valence-corrected chi connectivity index (χ0v) is 19.6. The van der Waals surface area contributed by atoms with E-state index in [0.717, 1.165) is 17.4 Å². The molecular formula is C26H30O8. The number of aldehydes is 1. The Morgan fingerprint density at radius 1 is 0.912 bits per heavy atom. The largest absolute Gasteiger partial charge is 0.462 e. The fourth-order valence-electron chi connectivity index (χ4n) is 1.90. The second-order valence-electron chi connectivity index (χ2n) is 6.24. The molecule has 0 aliphatic heterocycles. The summed E-state index contributed by atoms with van der Waals surface area (Å²) in [7, 11) is 0. The number of hydrogen-bond donors (Lipinski definition) is 1. The molecule has 34 heavy (non-hydrogen) atoms. The van der Waals surface area contributed by atoms with Gasteiger partial charge < -0.3 is 9.84 Å². The summed E-state index contributed by atoms with van der Waals surface area (Å²) in [5.74, 6) is -0.264. The Balaban J connectivity index is -0.000000390. The summed E-state index contributed by atoms with van der Waals surface area (Å²) in [5, 5.41) is 9.54. The standard InChI is InChI=1S/C11H14O.C8H8O.C5H8O2.2CO2/c1-3-4-11(12)10-7-5-9(2)6-8-10;1-7-2-4-8(6-9)5-3-7;1-3-4-7-5(2)6;2*2-1-3/h3,5-8,11-12H,1,4H2,2H3;2-6H,1H3;3H,1,4H2,2H3;;. The highest BCUT2D eigenvalue weighted by atomic mass is 16.5. The maximum absolute atomic E-state index is 10.1. The Bertz CT molecular complexity index is 875. The molecule has 1 atom stereocenters. The zero-order chi connectivity index (χ0) is 26.8. The van der Waals surface area contributed by atoms with Crippen LogP contribution >= 0.6 is 0 Å². The first-order chi connectivity index (χ1) is 16.2. The van der Waals surface area contributed by atoms with Gasteiger partial charge in [-0.3, -0.25) is 9.59 Å². The number of ether oxygens (including phenoxy) is 1. The Kier molecular flexibility index (Phi) is 25.3. The summed E-state index contributed by atoms with van der Waals surface area (Å²) in [4.78, 5) is 52.6. The monoisotopic (exact) mass is 470 g/mol. The topological polar surface area (TPSA) is 132 Å². The average Bonchev–Trinajstić information content (AvgIpc) is 2.81. The smallest absolute Gasteiger partial charge is 0.373 e. The average molecular weight is 471 g/mol. The Morgan fingerprint density at radius 2 is 1.32 bits per heavy atom. The summed E-state index contributed by atoms with van der Waals surface area (Å²) in [6.07, 6.45) is 4.82. The van der Waals surface area contributed by atoms with Crippen LogP contribution in [0.25, 0.3) is 0 Å². The van der Waals surface area contributed by atoms with Gasteiger partial charge in [-0.2, -0.15) is 19.2 Å². The Hall–Kier alpha value is -4.22. The fourth-order valence-corrected chi connectivity index (χ4v) is 1.90. The lowest BCUT2D eigenvalue weighted by Gasteiger charge is -2.07. The zero-order valence-electron chi connectivity index (χ0n) is 19.6. The molecule has 1 N–H and O–H groups in total. The van der Waals surface area contributed by atoms with Crippen molar-refractivity contribution in [2.45, 2.75) is 33.3 Å². The first-order valence-corrected chi connectivity index (χ1v) is 9.77. The van der Waals surface area contributed by atoms with E-state index in [4.69, 9.17) is 19.2 Å². The fraction of sp³-hybridized carbons (Fsp3) is 0.231. The number of hydrogen-bond acceptors (Lipinski definition) is 8. The van der Waals surface area contributed by atoms with E-state index in [-0.39, 0.29) is 18.3 Å². The lowest BCUT2D eigenvalue weighted by molar-refractivity contribution is -0.193. The molecule has 0 spiro atoms. The molecule has 8 heteroatoms. The van der Waals surface area contributed by atoms with Crippen molar-refractivity contribution in [1.29, 1.82) is 0 Å². The third-order valence-electron chi connectivity index (χ3n) is 3.47. The molecule has 0 aromatic heterocycles. The third kappa shape index (κ3) is 24.1. The van der Waals surface area contributed by atoms with Crippen LogP contribution in [-0.4, -0.2) is 36.3 Å². The molecule has 8 nitrogen and oxygen atoms in total. The molecule has 0 fully saturated rings. The van der Waals surface area contributed by atoms with Crippen LogP contribution in [0.5, 0.6) is 0 Å². The van der Waals surface area contributed by atoms with Gasteiger partial charge in [-0.05, 0) is 25.8 Å². The minimum absolute atomic E-state index is 0.250. The summed E-state index contributed by atoms with van der Waals surface area (Å²) in [6, 6.07) is 15.4. The van der Waals surface area contributed by atoms with Crippen LogP contribution in [0.15, 0.2) is 73.8 Å². The Morgan fingerprint density at radius 3 is 1.62 bits per heavy atom. The number of aryl methyl sites for hydroxylation is 2. The van der Waals surface area contributed by atoms with E-state index in [9.17, 15) is 14.7 Å². The van der Waals surface area contributed by atoms with Crippen LogP contribution in [-0.2, 0) is 28.7 Å². The van der Waals surface area contributed by atoms with E-state index in [0.29, 0.717) is 13.0 Å². The summed E-state index contributed by atoms with van der Waals surface area (Å²) in [6.45, 7) is 12.6. The van der Waals surface area contributed by atoms with Gasteiger partial charge in [0.15, 0.2) is 0 Å². The number of benzene rings is 2. The number of carbonyl (C=O) groups excluding carboxylic acids is 6. The number of aliphatic hydroxyl groups is 1. The molecule has 2 rings (SSSR count). The molecule has 0 amide bonds. The van der Waals surface area contributed by atoms with E-state index >= 15 is 0 Å². The highest BCUT2D eigenvalue weighted by molar-refractivity contribution is 5.74. The maximum Gasteiger partial charge on any atom is 0.373 e. The molecule has 2 aromatic carbocycles. The molecular weight excluding hydrogens is 440 g/mol. The van der Waals surface area contributed by atoms with Crippen molar-refractivity contribution < 1.29 is 38.6 Å². The van der Waals surface area contributed by atoms with Crippen LogP contribution < -0.4 is 0 Å². The van der Waals surface area contributed by atoms with Crippen molar-refractivity contribution in [1.82, 2.24) is 0 Å². The number of aliphatic hydroxyl groups excluding tert-OH is 1. The molecule has 0 aliphatic carbocycles. The second-order valence-corrected chi connectivity index (χ2v) is 6.24. The van der Waals surface area contributed by atoms with E-state index < -0.39 is 6.10 Å². The molecule has 0 aliphatic rings. The first-order valence-electron chi connectivity index (χ1n) is 9.77. The van der Waals surface area contributed by atoms with Crippen LogP contribution in [0.1, 0.15) is 46.5 Å².